The van der Waals surface area contributed by atoms with Crippen LogP contribution >= 0.6 is 0 Å². The quantitative estimate of drug-likeness (QED) is 0.676. The summed E-state index contributed by atoms with van der Waals surface area (Å²) >= 11 is 0. The molecule has 1 heterocycles. The summed E-state index contributed by atoms with van der Waals surface area (Å²) in [4.78, 5) is 14.7. The van der Waals surface area contributed by atoms with Gasteiger partial charge in [-0.25, -0.2) is 9.78 Å². The molecule has 1 aromatic heterocycles. The zero-order valence-corrected chi connectivity index (χ0v) is 7.21. The van der Waals surface area contributed by atoms with Gasteiger partial charge in [-0.1, -0.05) is 6.07 Å². The second-order valence-electron chi connectivity index (χ2n) is 2.84. The Labute approximate surface area is 81.2 Å². The van der Waals surface area contributed by atoms with E-state index in [2.05, 4.69) is 9.40 Å². The molecular formula is C9H4F3NO2. The first-order valence-corrected chi connectivity index (χ1v) is 3.94. The molecule has 0 N–H and O–H groups in total. The normalized spacial score (nSPS) is 11.9. The molecule has 0 saturated heterocycles. The topological polar surface area (TPSA) is 43.1 Å². The van der Waals surface area contributed by atoms with Gasteiger partial charge in [0.1, 0.15) is 0 Å². The Kier molecular flexibility index (Phi) is 1.99. The molecule has 0 aliphatic rings. The molecule has 2 aromatic rings. The lowest BCUT2D eigenvalue weighted by Gasteiger charge is -2.07. The monoisotopic (exact) mass is 215 g/mol. The second kappa shape index (κ2) is 3.08. The molecule has 0 spiro atoms. The molecule has 0 saturated carbocycles. The van der Waals surface area contributed by atoms with Crippen molar-refractivity contribution in [3.8, 4) is 0 Å². The van der Waals surface area contributed by atoms with Gasteiger partial charge in [0.05, 0.1) is 16.5 Å². The summed E-state index contributed by atoms with van der Waals surface area (Å²) in [5.74, 6) is 0. The standard InChI is InChI=1S/C9H4F3NO2/c10-9(11,12)5-2-1-3-6-7(5)8(14)15-4-13-6/h1-4H. The minimum absolute atomic E-state index is 0.0268. The van der Waals surface area contributed by atoms with Gasteiger partial charge in [-0.15, -0.1) is 0 Å². The minimum atomic E-state index is -4.59. The molecule has 0 unspecified atom stereocenters. The van der Waals surface area contributed by atoms with Crippen molar-refractivity contribution < 1.29 is 17.6 Å². The SMILES string of the molecule is O=c1ocnc2cccc(C(F)(F)F)c12. The van der Waals surface area contributed by atoms with Crippen molar-refractivity contribution in [1.29, 1.82) is 0 Å². The molecule has 78 valence electrons. The van der Waals surface area contributed by atoms with Crippen molar-refractivity contribution in [2.24, 2.45) is 0 Å². The van der Waals surface area contributed by atoms with Gasteiger partial charge in [-0.3, -0.25) is 0 Å². The van der Waals surface area contributed by atoms with E-state index in [1.807, 2.05) is 0 Å². The number of hydrogen-bond donors (Lipinski definition) is 0. The Morgan fingerprint density at radius 3 is 2.67 bits per heavy atom. The number of halogens is 3. The van der Waals surface area contributed by atoms with Crippen LogP contribution in [0.2, 0.25) is 0 Å². The smallest absolute Gasteiger partial charge is 0.411 e. The molecule has 15 heavy (non-hydrogen) atoms. The molecule has 6 heteroatoms. The zero-order chi connectivity index (χ0) is 11.1. The zero-order valence-electron chi connectivity index (χ0n) is 7.21. The molecule has 3 nitrogen and oxygen atoms in total. The predicted molar refractivity (Wildman–Crippen MR) is 45.3 cm³/mol. The summed E-state index contributed by atoms with van der Waals surface area (Å²) in [5, 5.41) is -0.535. The average molecular weight is 215 g/mol. The van der Waals surface area contributed by atoms with E-state index < -0.39 is 22.8 Å². The number of nitrogens with zero attached hydrogens (tertiary/aromatic N) is 1. The summed E-state index contributed by atoms with van der Waals surface area (Å²) in [6.07, 6.45) is -3.76. The van der Waals surface area contributed by atoms with E-state index >= 15 is 0 Å². The van der Waals surface area contributed by atoms with Crippen LogP contribution in [0.4, 0.5) is 13.2 Å². The number of alkyl halides is 3. The minimum Gasteiger partial charge on any atom is -0.411 e. The highest BCUT2D eigenvalue weighted by atomic mass is 19.4. The maximum absolute atomic E-state index is 12.5. The Balaban J connectivity index is 2.93. The lowest BCUT2D eigenvalue weighted by atomic mass is 10.1. The van der Waals surface area contributed by atoms with Gasteiger partial charge in [0.25, 0.3) is 0 Å². The van der Waals surface area contributed by atoms with Gasteiger partial charge in [-0.2, -0.15) is 13.2 Å². The van der Waals surface area contributed by atoms with Crippen molar-refractivity contribution in [3.63, 3.8) is 0 Å². The van der Waals surface area contributed by atoms with Crippen LogP contribution in [0, 0.1) is 0 Å². The van der Waals surface area contributed by atoms with Crippen molar-refractivity contribution >= 4 is 10.9 Å². The third-order valence-electron chi connectivity index (χ3n) is 1.90. The van der Waals surface area contributed by atoms with Gasteiger partial charge in [0.2, 0.25) is 0 Å². The number of fused-ring (bicyclic) bond motifs is 1. The van der Waals surface area contributed by atoms with E-state index in [9.17, 15) is 18.0 Å². The molecule has 0 radical (unpaired) electrons. The van der Waals surface area contributed by atoms with Crippen molar-refractivity contribution in [1.82, 2.24) is 4.98 Å². The molecule has 0 aliphatic carbocycles. The van der Waals surface area contributed by atoms with E-state index in [1.165, 1.54) is 12.1 Å². The molecule has 0 atom stereocenters. The molecular weight excluding hydrogens is 211 g/mol. The summed E-state index contributed by atoms with van der Waals surface area (Å²) in [6.45, 7) is 0. The summed E-state index contributed by atoms with van der Waals surface area (Å²) in [6, 6.07) is 3.33. The predicted octanol–water partition coefficient (Wildman–Crippen LogP) is 2.21. The average Bonchev–Trinajstić information content (AvgIpc) is 2.16. The maximum Gasteiger partial charge on any atom is 0.417 e. The van der Waals surface area contributed by atoms with Gasteiger partial charge < -0.3 is 4.42 Å². The lowest BCUT2D eigenvalue weighted by Crippen LogP contribution is -2.11. The van der Waals surface area contributed by atoms with Crippen molar-refractivity contribution in [2.75, 3.05) is 0 Å². The van der Waals surface area contributed by atoms with Crippen molar-refractivity contribution in [3.05, 3.63) is 40.6 Å². The fourth-order valence-electron chi connectivity index (χ4n) is 1.29. The van der Waals surface area contributed by atoms with E-state index in [1.54, 1.807) is 0 Å². The second-order valence-corrected chi connectivity index (χ2v) is 2.84. The number of hydrogen-bond acceptors (Lipinski definition) is 3. The van der Waals surface area contributed by atoms with Crippen LogP contribution in [0.25, 0.3) is 10.9 Å². The Morgan fingerprint density at radius 1 is 1.27 bits per heavy atom. The van der Waals surface area contributed by atoms with Crippen LogP contribution < -0.4 is 5.63 Å². The highest BCUT2D eigenvalue weighted by Crippen LogP contribution is 2.32. The summed E-state index contributed by atoms with van der Waals surface area (Å²) in [7, 11) is 0. The van der Waals surface area contributed by atoms with Crippen LogP contribution in [0.3, 0.4) is 0 Å². The fraction of sp³-hybridized carbons (Fsp3) is 0.111. The third kappa shape index (κ3) is 1.58. The van der Waals surface area contributed by atoms with Crippen LogP contribution in [-0.2, 0) is 6.18 Å². The van der Waals surface area contributed by atoms with Crippen LogP contribution in [0.15, 0.2) is 33.8 Å². The largest absolute Gasteiger partial charge is 0.417 e. The summed E-state index contributed by atoms with van der Waals surface area (Å²) in [5.41, 5.74) is -2.09. The van der Waals surface area contributed by atoms with Crippen LogP contribution in [0.5, 0.6) is 0 Å². The molecule has 0 fully saturated rings. The lowest BCUT2D eigenvalue weighted by molar-refractivity contribution is -0.136. The van der Waals surface area contributed by atoms with E-state index in [0.29, 0.717) is 0 Å². The van der Waals surface area contributed by atoms with Gasteiger partial charge in [0.15, 0.2) is 6.39 Å². The van der Waals surface area contributed by atoms with Gasteiger partial charge >= 0.3 is 11.8 Å². The molecule has 0 bridgehead atoms. The van der Waals surface area contributed by atoms with E-state index in [-0.39, 0.29) is 5.52 Å². The van der Waals surface area contributed by atoms with E-state index in [0.717, 1.165) is 12.5 Å². The van der Waals surface area contributed by atoms with Crippen LogP contribution in [0.1, 0.15) is 5.56 Å². The molecule has 2 rings (SSSR count). The van der Waals surface area contributed by atoms with Crippen LogP contribution in [-0.4, -0.2) is 4.98 Å². The van der Waals surface area contributed by atoms with Crippen molar-refractivity contribution in [2.45, 2.75) is 6.18 Å². The summed E-state index contributed by atoms with van der Waals surface area (Å²) < 4.78 is 41.8. The first-order chi connectivity index (χ1) is 7.00. The van der Waals surface area contributed by atoms with Gasteiger partial charge in [0, 0.05) is 0 Å². The molecule has 0 aliphatic heterocycles. The highest BCUT2D eigenvalue weighted by molar-refractivity contribution is 5.81. The molecule has 0 amide bonds. The highest BCUT2D eigenvalue weighted by Gasteiger charge is 2.33. The Bertz CT molecular complexity index is 554. The maximum atomic E-state index is 12.5. The Morgan fingerprint density at radius 2 is 2.00 bits per heavy atom. The van der Waals surface area contributed by atoms with E-state index in [4.69, 9.17) is 0 Å². The molecule has 1 aromatic carbocycles. The number of benzene rings is 1. The van der Waals surface area contributed by atoms with Gasteiger partial charge in [-0.05, 0) is 12.1 Å². The fourth-order valence-corrected chi connectivity index (χ4v) is 1.29. The third-order valence-corrected chi connectivity index (χ3v) is 1.90. The Hall–Kier alpha value is -1.85. The number of rotatable bonds is 0. The first kappa shape index (κ1) is 9.70. The first-order valence-electron chi connectivity index (χ1n) is 3.94. The number of aromatic nitrogens is 1.